The van der Waals surface area contributed by atoms with Gasteiger partial charge >= 0.3 is 12.1 Å². The number of hydrogen-bond acceptors (Lipinski definition) is 5. The molecule has 0 radical (unpaired) electrons. The Morgan fingerprint density at radius 3 is 2.35 bits per heavy atom. The Balaban J connectivity index is 1.15. The van der Waals surface area contributed by atoms with Gasteiger partial charge in [0.2, 0.25) is 0 Å². The van der Waals surface area contributed by atoms with Crippen molar-refractivity contribution in [3.05, 3.63) is 59.7 Å². The number of aliphatic carboxylic acids is 1. The van der Waals surface area contributed by atoms with Crippen molar-refractivity contribution in [1.29, 1.82) is 0 Å². The van der Waals surface area contributed by atoms with Crippen molar-refractivity contribution in [2.24, 2.45) is 11.8 Å². The maximum Gasteiger partial charge on any atom is 0.407 e. The van der Waals surface area contributed by atoms with Gasteiger partial charge in [-0.25, -0.2) is 4.79 Å². The van der Waals surface area contributed by atoms with Gasteiger partial charge in [0.15, 0.2) is 0 Å². The fraction of sp³-hybridized carbons (Fsp3) is 0.423. The lowest BCUT2D eigenvalue weighted by molar-refractivity contribution is -0.143. The van der Waals surface area contributed by atoms with E-state index in [-0.39, 0.29) is 37.4 Å². The van der Waals surface area contributed by atoms with Gasteiger partial charge in [-0.05, 0) is 35.1 Å². The zero-order valence-electron chi connectivity index (χ0n) is 18.8. The summed E-state index contributed by atoms with van der Waals surface area (Å²) in [7, 11) is 0. The maximum atomic E-state index is 12.9. The lowest BCUT2D eigenvalue weighted by Crippen LogP contribution is -2.44. The summed E-state index contributed by atoms with van der Waals surface area (Å²) in [6.45, 7) is 1.56. The van der Waals surface area contributed by atoms with Crippen LogP contribution in [0.25, 0.3) is 11.1 Å². The maximum absolute atomic E-state index is 12.9. The van der Waals surface area contributed by atoms with Crippen molar-refractivity contribution in [2.45, 2.75) is 24.9 Å². The van der Waals surface area contributed by atoms with Gasteiger partial charge in [0.1, 0.15) is 12.7 Å². The summed E-state index contributed by atoms with van der Waals surface area (Å²) in [6.07, 6.45) is -0.0827. The first-order valence-electron chi connectivity index (χ1n) is 11.7. The standard InChI is InChI=1S/C26H28N2O6/c29-24(28-11-9-17(14-28)25(30)31)23-16(10-12-33-23)13-27-26(32)34-15-22-20-7-3-1-5-18(20)19-6-2-4-8-21(19)22/h1-8,16-17,22-23H,9-15H2,(H,27,32)(H,30,31)/t16-,17?,23-/m0/s1. The number of likely N-dealkylation sites (tertiary alicyclic amines) is 1. The topological polar surface area (TPSA) is 105 Å². The van der Waals surface area contributed by atoms with Crippen molar-refractivity contribution in [3.8, 4) is 11.1 Å². The van der Waals surface area contributed by atoms with Gasteiger partial charge in [0.25, 0.3) is 5.91 Å². The number of carbonyl (C=O) groups is 3. The Hall–Kier alpha value is -3.39. The van der Waals surface area contributed by atoms with E-state index in [9.17, 15) is 19.5 Å². The largest absolute Gasteiger partial charge is 0.481 e. The lowest BCUT2D eigenvalue weighted by atomic mass is 9.98. The van der Waals surface area contributed by atoms with Gasteiger partial charge in [-0.3, -0.25) is 9.59 Å². The van der Waals surface area contributed by atoms with Gasteiger partial charge < -0.3 is 24.8 Å². The minimum absolute atomic E-state index is 0.0142. The quantitative estimate of drug-likeness (QED) is 0.681. The highest BCUT2D eigenvalue weighted by molar-refractivity contribution is 5.83. The first-order chi connectivity index (χ1) is 16.5. The smallest absolute Gasteiger partial charge is 0.407 e. The highest BCUT2D eigenvalue weighted by Gasteiger charge is 2.40. The molecule has 2 aromatic rings. The lowest BCUT2D eigenvalue weighted by Gasteiger charge is -2.24. The molecule has 178 valence electrons. The van der Waals surface area contributed by atoms with Gasteiger partial charge in [-0.1, -0.05) is 48.5 Å². The number of nitrogens with one attached hydrogen (secondary N) is 1. The number of benzene rings is 2. The third kappa shape index (κ3) is 4.25. The van der Waals surface area contributed by atoms with E-state index >= 15 is 0 Å². The molecule has 2 fully saturated rings. The van der Waals surface area contributed by atoms with Gasteiger partial charge in [0, 0.05) is 38.1 Å². The molecule has 0 saturated carbocycles. The van der Waals surface area contributed by atoms with E-state index in [1.807, 2.05) is 24.3 Å². The Bertz CT molecular complexity index is 1060. The second-order valence-electron chi connectivity index (χ2n) is 9.15. The highest BCUT2D eigenvalue weighted by Crippen LogP contribution is 2.44. The molecule has 0 spiro atoms. The number of nitrogens with zero attached hydrogens (tertiary/aromatic N) is 1. The van der Waals surface area contributed by atoms with E-state index in [1.54, 1.807) is 4.90 Å². The zero-order chi connectivity index (χ0) is 23.7. The molecule has 2 aromatic carbocycles. The molecule has 3 atom stereocenters. The predicted octanol–water partition coefficient (Wildman–Crippen LogP) is 2.86. The molecule has 0 bridgehead atoms. The van der Waals surface area contributed by atoms with E-state index in [4.69, 9.17) is 9.47 Å². The van der Waals surface area contributed by atoms with Crippen LogP contribution >= 0.6 is 0 Å². The van der Waals surface area contributed by atoms with Gasteiger partial charge in [-0.15, -0.1) is 0 Å². The monoisotopic (exact) mass is 464 g/mol. The molecule has 2 heterocycles. The third-order valence-electron chi connectivity index (χ3n) is 7.16. The zero-order valence-corrected chi connectivity index (χ0v) is 18.8. The Morgan fingerprint density at radius 1 is 1.03 bits per heavy atom. The second-order valence-corrected chi connectivity index (χ2v) is 9.15. The second kappa shape index (κ2) is 9.46. The van der Waals surface area contributed by atoms with Crippen LogP contribution in [0.3, 0.4) is 0 Å². The number of ether oxygens (including phenoxy) is 2. The molecule has 34 heavy (non-hydrogen) atoms. The number of alkyl carbamates (subject to hydrolysis) is 1. The Kier molecular flexibility index (Phi) is 6.24. The molecule has 8 heteroatoms. The van der Waals surface area contributed by atoms with Crippen LogP contribution in [0.1, 0.15) is 29.9 Å². The van der Waals surface area contributed by atoms with Crippen LogP contribution in [0.4, 0.5) is 4.79 Å². The van der Waals surface area contributed by atoms with E-state index < -0.39 is 24.1 Å². The number of carbonyl (C=O) groups excluding carboxylic acids is 2. The summed E-state index contributed by atoms with van der Waals surface area (Å²) in [4.78, 5) is 38.1. The Morgan fingerprint density at radius 2 is 1.71 bits per heavy atom. The van der Waals surface area contributed by atoms with Gasteiger partial charge in [-0.2, -0.15) is 0 Å². The first kappa shape index (κ1) is 22.4. The number of carboxylic acid groups (broad SMARTS) is 1. The number of fused-ring (bicyclic) bond motifs is 3. The van der Waals surface area contributed by atoms with E-state index in [0.29, 0.717) is 26.0 Å². The molecule has 2 amide bonds. The Labute approximate surface area is 197 Å². The number of rotatable bonds is 6. The number of hydrogen-bond donors (Lipinski definition) is 2. The van der Waals surface area contributed by atoms with Crippen LogP contribution in [0.5, 0.6) is 0 Å². The molecule has 1 aliphatic carbocycles. The van der Waals surface area contributed by atoms with Gasteiger partial charge in [0.05, 0.1) is 5.92 Å². The SMILES string of the molecule is O=C(NC[C@@H]1CCO[C@@H]1C(=O)N1CCC(C(=O)O)C1)OCC1c2ccccc2-c2ccccc21. The molecule has 2 N–H and O–H groups in total. The third-order valence-corrected chi connectivity index (χ3v) is 7.16. The summed E-state index contributed by atoms with van der Waals surface area (Å²) in [5.41, 5.74) is 4.64. The van der Waals surface area contributed by atoms with E-state index in [0.717, 1.165) is 11.1 Å². The summed E-state index contributed by atoms with van der Waals surface area (Å²) < 4.78 is 11.2. The van der Waals surface area contributed by atoms with Crippen LogP contribution in [0, 0.1) is 11.8 Å². The summed E-state index contributed by atoms with van der Waals surface area (Å²) in [6, 6.07) is 16.3. The first-order valence-corrected chi connectivity index (χ1v) is 11.7. The van der Waals surface area contributed by atoms with Crippen LogP contribution in [-0.4, -0.2) is 66.9 Å². The average Bonchev–Trinajstić information content (AvgIpc) is 3.59. The molecule has 2 saturated heterocycles. The molecule has 8 nitrogen and oxygen atoms in total. The summed E-state index contributed by atoms with van der Waals surface area (Å²) in [5.74, 6) is -1.78. The summed E-state index contributed by atoms with van der Waals surface area (Å²) >= 11 is 0. The fourth-order valence-corrected chi connectivity index (χ4v) is 5.32. The van der Waals surface area contributed by atoms with Crippen molar-refractivity contribution in [1.82, 2.24) is 10.2 Å². The van der Waals surface area contributed by atoms with Crippen molar-refractivity contribution in [2.75, 3.05) is 32.8 Å². The molecule has 0 aromatic heterocycles. The van der Waals surface area contributed by atoms with Crippen molar-refractivity contribution < 1.29 is 29.0 Å². The van der Waals surface area contributed by atoms with Crippen molar-refractivity contribution >= 4 is 18.0 Å². The highest BCUT2D eigenvalue weighted by atomic mass is 16.5. The summed E-state index contributed by atoms with van der Waals surface area (Å²) in [5, 5.41) is 12.0. The molecular weight excluding hydrogens is 436 g/mol. The van der Waals surface area contributed by atoms with E-state index in [2.05, 4.69) is 29.6 Å². The van der Waals surface area contributed by atoms with Crippen LogP contribution in [0.15, 0.2) is 48.5 Å². The van der Waals surface area contributed by atoms with Crippen LogP contribution in [0.2, 0.25) is 0 Å². The minimum atomic E-state index is -0.879. The molecule has 3 aliphatic rings. The molecule has 5 rings (SSSR count). The van der Waals surface area contributed by atoms with E-state index in [1.165, 1.54) is 11.1 Å². The van der Waals surface area contributed by atoms with Crippen LogP contribution < -0.4 is 5.32 Å². The average molecular weight is 465 g/mol. The number of amides is 2. The molecule has 2 aliphatic heterocycles. The predicted molar refractivity (Wildman–Crippen MR) is 123 cm³/mol. The fourth-order valence-electron chi connectivity index (χ4n) is 5.32. The van der Waals surface area contributed by atoms with Crippen molar-refractivity contribution in [3.63, 3.8) is 0 Å². The van der Waals surface area contributed by atoms with Crippen LogP contribution in [-0.2, 0) is 19.1 Å². The number of carboxylic acids is 1. The minimum Gasteiger partial charge on any atom is -0.481 e. The normalized spacial score (nSPS) is 23.4. The molecular formula is C26H28N2O6. The molecule has 1 unspecified atom stereocenters.